The number of benzene rings is 1. The highest BCUT2D eigenvalue weighted by Gasteiger charge is 2.24. The lowest BCUT2D eigenvalue weighted by molar-refractivity contribution is 0.0690. The average Bonchev–Trinajstić information content (AvgIpc) is 3.20. The molecule has 152 valence electrons. The molecule has 0 unspecified atom stereocenters. The number of carbonyl (C=O) groups excluding carboxylic acids is 1. The molecule has 2 aromatic rings. The first-order chi connectivity index (χ1) is 13.6. The number of aromatic nitrogens is 2. The van der Waals surface area contributed by atoms with Crippen LogP contribution in [0.1, 0.15) is 42.6 Å². The lowest BCUT2D eigenvalue weighted by atomic mass is 9.96. The number of halogens is 1. The molecule has 0 aliphatic carbocycles. The molecular formula is C22H31FN4O. The van der Waals surface area contributed by atoms with Gasteiger partial charge in [0.25, 0.3) is 5.91 Å². The second-order valence-corrected chi connectivity index (χ2v) is 7.62. The zero-order valence-electron chi connectivity index (χ0n) is 17.0. The molecule has 1 aliphatic heterocycles. The van der Waals surface area contributed by atoms with E-state index in [0.29, 0.717) is 18.0 Å². The molecule has 3 rings (SSSR count). The van der Waals surface area contributed by atoms with E-state index in [2.05, 4.69) is 10.00 Å². The van der Waals surface area contributed by atoms with Crippen molar-refractivity contribution in [2.75, 3.05) is 32.7 Å². The van der Waals surface area contributed by atoms with Crippen molar-refractivity contribution in [1.82, 2.24) is 19.6 Å². The molecule has 2 heterocycles. The smallest absolute Gasteiger partial charge is 0.257 e. The SMILES string of the molecule is CCN(C[C@@H]1CCCN(CCc2cccc(F)c2)C1)C(=O)c1cnn(CC)c1. The Morgan fingerprint density at radius 1 is 1.36 bits per heavy atom. The van der Waals surface area contributed by atoms with Gasteiger partial charge in [-0.05, 0) is 63.3 Å². The highest BCUT2D eigenvalue weighted by Crippen LogP contribution is 2.19. The Balaban J connectivity index is 1.53. The summed E-state index contributed by atoms with van der Waals surface area (Å²) in [6.45, 7) is 9.30. The fourth-order valence-corrected chi connectivity index (χ4v) is 3.98. The van der Waals surface area contributed by atoms with Gasteiger partial charge in [0.2, 0.25) is 0 Å². The molecule has 1 saturated heterocycles. The summed E-state index contributed by atoms with van der Waals surface area (Å²) in [6.07, 6.45) is 6.65. The topological polar surface area (TPSA) is 41.4 Å². The van der Waals surface area contributed by atoms with Crippen LogP contribution in [-0.2, 0) is 13.0 Å². The van der Waals surface area contributed by atoms with E-state index in [1.807, 2.05) is 31.0 Å². The van der Waals surface area contributed by atoms with Crippen LogP contribution >= 0.6 is 0 Å². The first kappa shape index (κ1) is 20.5. The standard InChI is InChI=1S/C22H31FN4O/c1-3-26(22(28)20-14-24-27(4-2)17-20)16-19-8-6-11-25(15-19)12-10-18-7-5-9-21(23)13-18/h5,7,9,13-14,17,19H,3-4,6,8,10-12,15-16H2,1-2H3/t19-/m1/s1. The summed E-state index contributed by atoms with van der Waals surface area (Å²) < 4.78 is 15.1. The number of hydrogen-bond acceptors (Lipinski definition) is 3. The maximum Gasteiger partial charge on any atom is 0.257 e. The number of amides is 1. The van der Waals surface area contributed by atoms with Crippen LogP contribution in [-0.4, -0.2) is 58.2 Å². The van der Waals surface area contributed by atoms with Gasteiger partial charge in [-0.2, -0.15) is 5.10 Å². The van der Waals surface area contributed by atoms with Gasteiger partial charge in [-0.1, -0.05) is 12.1 Å². The largest absolute Gasteiger partial charge is 0.339 e. The normalized spacial score (nSPS) is 17.6. The second kappa shape index (κ2) is 9.82. The van der Waals surface area contributed by atoms with E-state index >= 15 is 0 Å². The van der Waals surface area contributed by atoms with Crippen molar-refractivity contribution in [3.8, 4) is 0 Å². The molecule has 1 aliphatic rings. The summed E-state index contributed by atoms with van der Waals surface area (Å²) >= 11 is 0. The third kappa shape index (κ3) is 5.41. The summed E-state index contributed by atoms with van der Waals surface area (Å²) in [4.78, 5) is 17.2. The van der Waals surface area contributed by atoms with E-state index in [-0.39, 0.29) is 11.7 Å². The molecule has 0 spiro atoms. The van der Waals surface area contributed by atoms with Gasteiger partial charge in [0, 0.05) is 38.9 Å². The first-order valence-corrected chi connectivity index (χ1v) is 10.4. The molecule has 1 aromatic heterocycles. The minimum Gasteiger partial charge on any atom is -0.339 e. The van der Waals surface area contributed by atoms with Crippen LogP contribution in [0.5, 0.6) is 0 Å². The van der Waals surface area contributed by atoms with Crippen molar-refractivity contribution in [3.63, 3.8) is 0 Å². The fraction of sp³-hybridized carbons (Fsp3) is 0.545. The van der Waals surface area contributed by atoms with Crippen LogP contribution in [0.25, 0.3) is 0 Å². The minimum atomic E-state index is -0.169. The van der Waals surface area contributed by atoms with E-state index < -0.39 is 0 Å². The summed E-state index contributed by atoms with van der Waals surface area (Å²) in [5, 5.41) is 4.22. The van der Waals surface area contributed by atoms with Gasteiger partial charge < -0.3 is 9.80 Å². The number of carbonyl (C=O) groups is 1. The highest BCUT2D eigenvalue weighted by atomic mass is 19.1. The van der Waals surface area contributed by atoms with Gasteiger partial charge in [-0.3, -0.25) is 9.48 Å². The van der Waals surface area contributed by atoms with Crippen LogP contribution in [0.3, 0.4) is 0 Å². The molecule has 1 amide bonds. The number of likely N-dealkylation sites (tertiary alicyclic amines) is 1. The third-order valence-corrected chi connectivity index (χ3v) is 5.56. The molecule has 1 fully saturated rings. The highest BCUT2D eigenvalue weighted by molar-refractivity contribution is 5.93. The maximum absolute atomic E-state index is 13.4. The van der Waals surface area contributed by atoms with Crippen molar-refractivity contribution >= 4 is 5.91 Å². The molecular weight excluding hydrogens is 355 g/mol. The number of piperidine rings is 1. The van der Waals surface area contributed by atoms with Gasteiger partial charge in [0.05, 0.1) is 11.8 Å². The number of rotatable bonds is 8. The Morgan fingerprint density at radius 3 is 2.93 bits per heavy atom. The van der Waals surface area contributed by atoms with Crippen LogP contribution in [0.15, 0.2) is 36.7 Å². The molecule has 0 saturated carbocycles. The van der Waals surface area contributed by atoms with Crippen molar-refractivity contribution in [2.45, 2.75) is 39.7 Å². The lowest BCUT2D eigenvalue weighted by Gasteiger charge is -2.35. The van der Waals surface area contributed by atoms with Crippen molar-refractivity contribution in [1.29, 1.82) is 0 Å². The molecule has 0 N–H and O–H groups in total. The van der Waals surface area contributed by atoms with Crippen molar-refractivity contribution < 1.29 is 9.18 Å². The Bertz CT molecular complexity index is 775. The molecule has 5 nitrogen and oxygen atoms in total. The van der Waals surface area contributed by atoms with Crippen molar-refractivity contribution in [2.24, 2.45) is 5.92 Å². The fourth-order valence-electron chi connectivity index (χ4n) is 3.98. The second-order valence-electron chi connectivity index (χ2n) is 7.62. The summed E-state index contributed by atoms with van der Waals surface area (Å²) in [7, 11) is 0. The zero-order chi connectivity index (χ0) is 19.9. The van der Waals surface area contributed by atoms with Gasteiger partial charge >= 0.3 is 0 Å². The van der Waals surface area contributed by atoms with Crippen LogP contribution in [0.4, 0.5) is 4.39 Å². The number of nitrogens with zero attached hydrogens (tertiary/aromatic N) is 4. The molecule has 6 heteroatoms. The summed E-state index contributed by atoms with van der Waals surface area (Å²) in [5.41, 5.74) is 1.71. The molecule has 0 bridgehead atoms. The molecule has 0 radical (unpaired) electrons. The lowest BCUT2D eigenvalue weighted by Crippen LogP contribution is -2.43. The van der Waals surface area contributed by atoms with Gasteiger partial charge in [0.15, 0.2) is 0 Å². The Labute approximate surface area is 167 Å². The average molecular weight is 387 g/mol. The quantitative estimate of drug-likeness (QED) is 0.698. The first-order valence-electron chi connectivity index (χ1n) is 10.4. The monoisotopic (exact) mass is 386 g/mol. The van der Waals surface area contributed by atoms with Gasteiger partial charge in [-0.15, -0.1) is 0 Å². The Kier molecular flexibility index (Phi) is 7.20. The van der Waals surface area contributed by atoms with E-state index in [1.165, 1.54) is 6.07 Å². The molecule has 1 aromatic carbocycles. The number of hydrogen-bond donors (Lipinski definition) is 0. The van der Waals surface area contributed by atoms with Crippen LogP contribution in [0, 0.1) is 11.7 Å². The van der Waals surface area contributed by atoms with Crippen molar-refractivity contribution in [3.05, 3.63) is 53.6 Å². The maximum atomic E-state index is 13.4. The Morgan fingerprint density at radius 2 is 2.21 bits per heavy atom. The van der Waals surface area contributed by atoms with Crippen LogP contribution in [0.2, 0.25) is 0 Å². The predicted molar refractivity (Wildman–Crippen MR) is 109 cm³/mol. The third-order valence-electron chi connectivity index (χ3n) is 5.56. The predicted octanol–water partition coefficient (Wildman–Crippen LogP) is 3.46. The van der Waals surface area contributed by atoms with E-state index in [4.69, 9.17) is 0 Å². The van der Waals surface area contributed by atoms with Crippen LogP contribution < -0.4 is 0 Å². The number of aryl methyl sites for hydroxylation is 1. The minimum absolute atomic E-state index is 0.0686. The van der Waals surface area contributed by atoms with E-state index in [0.717, 1.165) is 57.5 Å². The molecule has 28 heavy (non-hydrogen) atoms. The summed E-state index contributed by atoms with van der Waals surface area (Å²) in [6, 6.07) is 6.87. The molecule has 1 atom stereocenters. The zero-order valence-corrected chi connectivity index (χ0v) is 17.0. The van der Waals surface area contributed by atoms with Gasteiger partial charge in [0.1, 0.15) is 5.82 Å². The van der Waals surface area contributed by atoms with E-state index in [9.17, 15) is 9.18 Å². The summed E-state index contributed by atoms with van der Waals surface area (Å²) in [5.74, 6) is 0.378. The van der Waals surface area contributed by atoms with E-state index in [1.54, 1.807) is 23.0 Å². The van der Waals surface area contributed by atoms with Gasteiger partial charge in [-0.25, -0.2) is 4.39 Å². The Hall–Kier alpha value is -2.21.